The molecule has 1 aromatic carbocycles. The average Bonchev–Trinajstić information content (AvgIpc) is 1.68. The summed E-state index contributed by atoms with van der Waals surface area (Å²) in [6.07, 6.45) is 15.6. The monoisotopic (exact) mass is 1530 g/mol. The SMILES string of the molecule is Cc1cc(C(C)(C)C)ccn1.Cc1cc(C(C)(C)C)ccn1.Cc1cc(C(C)(C)C)ccn1.Cc1cc(C(C)(C)C)n(C)n1.Cc1ccc(C(C)(C)C)cn1.Cc1cccc(C(C)(C)C)c1.Cc1cccc(C(C)(C)C)n1.Cc1ncc(C(C)(C)C)cn1.Cc1nn(C(C)C)cc1C(C)(C)C.Cc1nn(C)cc1C(C)(C)C. The minimum Gasteiger partial charge on any atom is -0.275 e. The van der Waals surface area contributed by atoms with Gasteiger partial charge in [-0.05, 0) is 232 Å². The van der Waals surface area contributed by atoms with Gasteiger partial charge in [-0.25, -0.2) is 9.97 Å². The summed E-state index contributed by atoms with van der Waals surface area (Å²) in [4.78, 5) is 29.4. The summed E-state index contributed by atoms with van der Waals surface area (Å²) < 4.78 is 5.86. The van der Waals surface area contributed by atoms with Crippen molar-refractivity contribution in [1.29, 1.82) is 0 Å². The van der Waals surface area contributed by atoms with Crippen LogP contribution in [0.15, 0.2) is 147 Å². The smallest absolute Gasteiger partial charge is 0.125 e. The van der Waals surface area contributed by atoms with Gasteiger partial charge in [-0.3, -0.25) is 39.0 Å². The highest BCUT2D eigenvalue weighted by molar-refractivity contribution is 5.30. The van der Waals surface area contributed by atoms with Crippen LogP contribution in [-0.4, -0.2) is 64.2 Å². The molecule has 0 radical (unpaired) electrons. The first-order valence-corrected chi connectivity index (χ1v) is 40.3. The van der Waals surface area contributed by atoms with Gasteiger partial charge in [-0.15, -0.1) is 0 Å². The van der Waals surface area contributed by atoms with Crippen molar-refractivity contribution in [1.82, 2.24) is 64.2 Å². The van der Waals surface area contributed by atoms with E-state index >= 15 is 0 Å². The third kappa shape index (κ3) is 39.4. The molecule has 10 rings (SSSR count). The van der Waals surface area contributed by atoms with E-state index in [-0.39, 0.29) is 54.1 Å². The van der Waals surface area contributed by atoms with Gasteiger partial charge >= 0.3 is 0 Å². The molecule has 0 saturated heterocycles. The quantitative estimate of drug-likeness (QED) is 0.156. The maximum atomic E-state index is 4.49. The van der Waals surface area contributed by atoms with Crippen LogP contribution in [0.25, 0.3) is 0 Å². The molecule has 0 aliphatic carbocycles. The van der Waals surface area contributed by atoms with Crippen molar-refractivity contribution in [3.8, 4) is 0 Å². The topological polar surface area (TPSA) is 144 Å². The van der Waals surface area contributed by atoms with Gasteiger partial charge in [-0.1, -0.05) is 250 Å². The molecule has 0 bridgehead atoms. The van der Waals surface area contributed by atoms with E-state index in [1.807, 2.05) is 120 Å². The Kier molecular flexibility index (Phi) is 38.8. The van der Waals surface area contributed by atoms with Crippen molar-refractivity contribution in [2.75, 3.05) is 0 Å². The molecule has 0 N–H and O–H groups in total. The summed E-state index contributed by atoms with van der Waals surface area (Å²) in [5, 5.41) is 13.1. The molecule has 0 saturated carbocycles. The van der Waals surface area contributed by atoms with Crippen molar-refractivity contribution < 1.29 is 0 Å². The number of hydrogen-bond acceptors (Lipinski definition) is 10. The summed E-state index contributed by atoms with van der Waals surface area (Å²) in [7, 11) is 3.95. The Morgan fingerprint density at radius 3 is 0.920 bits per heavy atom. The van der Waals surface area contributed by atoms with Crippen molar-refractivity contribution in [2.45, 2.75) is 351 Å². The fraction of sp³-hybridized carbons (Fsp3) is 0.556. The van der Waals surface area contributed by atoms with Crippen LogP contribution in [0.5, 0.6) is 0 Å². The molecule has 0 atom stereocenters. The molecule has 618 valence electrons. The molecule has 13 nitrogen and oxygen atoms in total. The Labute approximate surface area is 684 Å². The molecule has 0 aliphatic heterocycles. The Bertz CT molecular complexity index is 3920. The lowest BCUT2D eigenvalue weighted by Crippen LogP contribution is -2.16. The van der Waals surface area contributed by atoms with Crippen LogP contribution in [0.4, 0.5) is 0 Å². The molecule has 13 heteroatoms. The van der Waals surface area contributed by atoms with Crippen LogP contribution in [0.1, 0.15) is 340 Å². The van der Waals surface area contributed by atoms with Crippen LogP contribution in [0.3, 0.4) is 0 Å². The molecule has 0 unspecified atom stereocenters. The van der Waals surface area contributed by atoms with Crippen LogP contribution >= 0.6 is 0 Å². The first kappa shape index (κ1) is 102. The molecular weight excluding hydrogens is 1370 g/mol. The average molecular weight is 1530 g/mol. The lowest BCUT2D eigenvalue weighted by molar-refractivity contribution is 0.522. The van der Waals surface area contributed by atoms with Crippen LogP contribution in [-0.2, 0) is 68.2 Å². The minimum absolute atomic E-state index is 0.160. The maximum absolute atomic E-state index is 4.49. The highest BCUT2D eigenvalue weighted by Gasteiger charge is 2.23. The van der Waals surface area contributed by atoms with E-state index in [0.717, 1.165) is 57.1 Å². The van der Waals surface area contributed by atoms with E-state index in [9.17, 15) is 0 Å². The van der Waals surface area contributed by atoms with Gasteiger partial charge in [0.2, 0.25) is 0 Å². The fourth-order valence-corrected chi connectivity index (χ4v) is 10.9. The number of hydrogen-bond donors (Lipinski definition) is 0. The first-order chi connectivity index (χ1) is 50.6. The second kappa shape index (κ2) is 42.7. The van der Waals surface area contributed by atoms with Crippen LogP contribution in [0, 0.1) is 69.2 Å². The summed E-state index contributed by atoms with van der Waals surface area (Å²) in [6.45, 7) is 90.6. The lowest BCUT2D eigenvalue weighted by Gasteiger charge is -2.19. The van der Waals surface area contributed by atoms with E-state index in [1.165, 1.54) is 55.8 Å². The largest absolute Gasteiger partial charge is 0.275 e. The molecular formula is C99H157N13. The second-order valence-electron chi connectivity index (χ2n) is 40.6. The predicted molar refractivity (Wildman–Crippen MR) is 483 cm³/mol. The zero-order valence-corrected chi connectivity index (χ0v) is 79.2. The minimum atomic E-state index is 0.160. The van der Waals surface area contributed by atoms with E-state index in [0.29, 0.717) is 6.04 Å². The molecule has 10 aromatic rings. The maximum Gasteiger partial charge on any atom is 0.125 e. The van der Waals surface area contributed by atoms with Gasteiger partial charge in [0.1, 0.15) is 5.82 Å². The summed E-state index contributed by atoms with van der Waals surface area (Å²) in [5.41, 5.74) is 25.5. The molecule has 0 fully saturated rings. The highest BCUT2D eigenvalue weighted by atomic mass is 15.3. The van der Waals surface area contributed by atoms with Gasteiger partial charge in [-0.2, -0.15) is 15.3 Å². The zero-order chi connectivity index (χ0) is 86.9. The summed E-state index contributed by atoms with van der Waals surface area (Å²) in [5.74, 6) is 0.831. The third-order valence-electron chi connectivity index (χ3n) is 18.1. The Hall–Kier alpha value is -8.32. The van der Waals surface area contributed by atoms with Crippen molar-refractivity contribution in [2.24, 2.45) is 14.1 Å². The molecule has 0 amide bonds. The Balaban J connectivity index is 0.000000622. The summed E-state index contributed by atoms with van der Waals surface area (Å²) in [6, 6.07) is 34.3. The van der Waals surface area contributed by atoms with E-state index in [1.54, 1.807) is 0 Å². The molecule has 9 heterocycles. The first-order valence-electron chi connectivity index (χ1n) is 40.3. The Morgan fingerprint density at radius 1 is 0.295 bits per heavy atom. The number of aromatic nitrogens is 13. The van der Waals surface area contributed by atoms with Gasteiger partial charge < -0.3 is 0 Å². The van der Waals surface area contributed by atoms with E-state index < -0.39 is 0 Å². The zero-order valence-electron chi connectivity index (χ0n) is 79.2. The molecule has 9 aromatic heterocycles. The number of nitrogens with zero attached hydrogens (tertiary/aromatic N) is 13. The molecule has 0 aliphatic rings. The standard InChI is InChI=1S/C11H20N2.C11H16.5C10H15N.C9H16N2.C9H14N2.C9H16N2/c1-8(2)13-7-10(9(3)12-13)11(4,5)6;1-9-6-5-7-10(8-9)11(2,3)4;3*1-8-7-9(5-6-11-8)10(2,3)4;1-8-5-6-9(7-11-8)10(2,3)4;1-8-6-5-7-9(11-8)10(2,3)4;1-7-8(9(2,3)4)6-11(5)10-7;1-7-10-5-8(6-11-7)9(2,3)4;1-7-6-8(9(2,3)4)11(5)10-7/h7-8H,1-6H3;5-8H,1-4H3;5*5-7H,1-4H3;6H,1-5H3;5-6H,1-4H3;6H,1-5H3. The van der Waals surface area contributed by atoms with Crippen molar-refractivity contribution in [3.63, 3.8) is 0 Å². The number of pyridine rings is 5. The van der Waals surface area contributed by atoms with Crippen LogP contribution in [0.2, 0.25) is 0 Å². The van der Waals surface area contributed by atoms with Gasteiger partial charge in [0.05, 0.1) is 17.1 Å². The van der Waals surface area contributed by atoms with E-state index in [4.69, 9.17) is 0 Å². The Morgan fingerprint density at radius 2 is 0.679 bits per heavy atom. The third-order valence-corrected chi connectivity index (χ3v) is 18.1. The lowest BCUT2D eigenvalue weighted by atomic mass is 9.86. The predicted octanol–water partition coefficient (Wildman–Crippen LogP) is 25.9. The number of rotatable bonds is 1. The summed E-state index contributed by atoms with van der Waals surface area (Å²) >= 11 is 0. The van der Waals surface area contributed by atoms with Gasteiger partial charge in [0.25, 0.3) is 0 Å². The van der Waals surface area contributed by atoms with Gasteiger partial charge in [0.15, 0.2) is 0 Å². The molecule has 0 spiro atoms. The normalized spacial score (nSPS) is 11.8. The molecule has 112 heavy (non-hydrogen) atoms. The van der Waals surface area contributed by atoms with Crippen molar-refractivity contribution >= 4 is 0 Å². The van der Waals surface area contributed by atoms with E-state index in [2.05, 4.69) is 396 Å². The number of aryl methyl sites for hydroxylation is 12. The second-order valence-corrected chi connectivity index (χ2v) is 40.6. The van der Waals surface area contributed by atoms with Crippen molar-refractivity contribution in [3.05, 3.63) is 259 Å². The van der Waals surface area contributed by atoms with Crippen LogP contribution < -0.4 is 0 Å². The fourth-order valence-electron chi connectivity index (χ4n) is 10.9. The van der Waals surface area contributed by atoms with Gasteiger partial charge in [0, 0.05) is 120 Å². The highest BCUT2D eigenvalue weighted by Crippen LogP contribution is 2.30. The number of benzene rings is 1.